The number of nitrogens with one attached hydrogen (secondary N) is 3. The molecule has 1 aliphatic carbocycles. The molecule has 0 amide bonds. The first-order valence-corrected chi connectivity index (χ1v) is 10.6. The molecule has 0 atom stereocenters. The number of nitrogens with zero attached hydrogens (tertiary/aromatic N) is 1. The van der Waals surface area contributed by atoms with Crippen LogP contribution in [0.15, 0.2) is 34.2 Å². The fourth-order valence-electron chi connectivity index (χ4n) is 2.22. The van der Waals surface area contributed by atoms with Gasteiger partial charge in [0, 0.05) is 44.9 Å². The van der Waals surface area contributed by atoms with Crippen LogP contribution in [0.3, 0.4) is 0 Å². The Morgan fingerprint density at radius 3 is 2.67 bits per heavy atom. The summed E-state index contributed by atoms with van der Waals surface area (Å²) in [6.45, 7) is 3.01. The second kappa shape index (κ2) is 12.8. The zero-order chi connectivity index (χ0) is 18.8. The first-order valence-electron chi connectivity index (χ1n) is 8.79. The quantitative estimate of drug-likeness (QED) is 0.177. The number of sulfonamides is 1. The van der Waals surface area contributed by atoms with Crippen molar-refractivity contribution in [3.05, 3.63) is 29.3 Å². The van der Waals surface area contributed by atoms with Crippen molar-refractivity contribution in [2.75, 3.05) is 39.9 Å². The van der Waals surface area contributed by atoms with Crippen molar-refractivity contribution in [2.45, 2.75) is 24.2 Å². The summed E-state index contributed by atoms with van der Waals surface area (Å²) in [5.74, 6) is 1.42. The zero-order valence-electron chi connectivity index (χ0n) is 15.4. The normalized spacial score (nSPS) is 14.5. The number of ether oxygens (including phenoxy) is 1. The summed E-state index contributed by atoms with van der Waals surface area (Å²) in [4.78, 5) is 4.26. The van der Waals surface area contributed by atoms with Gasteiger partial charge in [0.25, 0.3) is 0 Å². The molecule has 0 aliphatic heterocycles. The number of hydrogen-bond acceptors (Lipinski definition) is 4. The van der Waals surface area contributed by atoms with Crippen molar-refractivity contribution in [3.63, 3.8) is 0 Å². The van der Waals surface area contributed by atoms with E-state index in [1.807, 2.05) is 0 Å². The molecule has 1 aromatic rings. The number of rotatable bonds is 11. The molecule has 2 rings (SSSR count). The minimum atomic E-state index is -3.57. The third-order valence-electron chi connectivity index (χ3n) is 3.85. The summed E-state index contributed by atoms with van der Waals surface area (Å²) in [5.41, 5.74) is 0. The smallest absolute Gasteiger partial charge is 0.240 e. The summed E-state index contributed by atoms with van der Waals surface area (Å²) in [7, 11) is -1.89. The molecule has 154 valence electrons. The summed E-state index contributed by atoms with van der Waals surface area (Å²) in [5, 5.41) is 6.63. The van der Waals surface area contributed by atoms with Crippen LogP contribution in [0.25, 0.3) is 0 Å². The van der Waals surface area contributed by atoms with Crippen molar-refractivity contribution in [1.29, 1.82) is 0 Å². The van der Waals surface area contributed by atoms with Crippen LogP contribution >= 0.6 is 35.6 Å². The summed E-state index contributed by atoms with van der Waals surface area (Å²) >= 11 is 5.83. The Labute approximate surface area is 183 Å². The van der Waals surface area contributed by atoms with Crippen LogP contribution in [0, 0.1) is 5.92 Å². The molecule has 0 radical (unpaired) electrons. The molecule has 7 nitrogen and oxygen atoms in total. The molecule has 1 saturated carbocycles. The fourth-order valence-corrected chi connectivity index (χ4v) is 3.55. The lowest BCUT2D eigenvalue weighted by Crippen LogP contribution is -2.42. The maximum Gasteiger partial charge on any atom is 0.240 e. The van der Waals surface area contributed by atoms with E-state index in [2.05, 4.69) is 20.3 Å². The van der Waals surface area contributed by atoms with Crippen molar-refractivity contribution in [2.24, 2.45) is 10.9 Å². The van der Waals surface area contributed by atoms with Crippen LogP contribution in [0.2, 0.25) is 5.02 Å². The molecule has 0 heterocycles. The Bertz CT molecular complexity index is 699. The molecule has 1 fully saturated rings. The monoisotopic (exact) mass is 530 g/mol. The summed E-state index contributed by atoms with van der Waals surface area (Å²) in [6, 6.07) is 6.17. The van der Waals surface area contributed by atoms with Crippen LogP contribution in [-0.4, -0.2) is 54.3 Å². The first kappa shape index (κ1) is 24.4. The molecular formula is C17H28ClIN4O3S. The number of benzene rings is 1. The highest BCUT2D eigenvalue weighted by Crippen LogP contribution is 2.28. The maximum absolute atomic E-state index is 12.2. The van der Waals surface area contributed by atoms with Gasteiger partial charge in [0.2, 0.25) is 10.0 Å². The third-order valence-corrected chi connectivity index (χ3v) is 5.54. The topological polar surface area (TPSA) is 91.8 Å². The first-order chi connectivity index (χ1) is 12.5. The van der Waals surface area contributed by atoms with E-state index >= 15 is 0 Å². The molecule has 1 aromatic carbocycles. The Balaban J connectivity index is 0.00000364. The third kappa shape index (κ3) is 9.93. The largest absolute Gasteiger partial charge is 0.381 e. The van der Waals surface area contributed by atoms with Crippen molar-refractivity contribution in [1.82, 2.24) is 15.4 Å². The van der Waals surface area contributed by atoms with E-state index in [9.17, 15) is 8.42 Å². The molecule has 0 aromatic heterocycles. The van der Waals surface area contributed by atoms with Crippen molar-refractivity contribution in [3.8, 4) is 0 Å². The Morgan fingerprint density at radius 2 is 2.00 bits per heavy atom. The van der Waals surface area contributed by atoms with Gasteiger partial charge in [0.15, 0.2) is 5.96 Å². The van der Waals surface area contributed by atoms with Crippen LogP contribution < -0.4 is 15.4 Å². The Hall–Kier alpha value is -0.620. The highest BCUT2D eigenvalue weighted by atomic mass is 127. The second-order valence-corrected chi connectivity index (χ2v) is 8.36. The van der Waals surface area contributed by atoms with Crippen LogP contribution in [0.1, 0.15) is 19.3 Å². The molecule has 10 heteroatoms. The predicted molar refractivity (Wildman–Crippen MR) is 120 cm³/mol. The lowest BCUT2D eigenvalue weighted by atomic mass is 10.4. The van der Waals surface area contributed by atoms with Gasteiger partial charge < -0.3 is 15.4 Å². The van der Waals surface area contributed by atoms with Crippen molar-refractivity contribution < 1.29 is 13.2 Å². The van der Waals surface area contributed by atoms with Gasteiger partial charge in [0.1, 0.15) is 0 Å². The van der Waals surface area contributed by atoms with Gasteiger partial charge in [-0.05, 0) is 43.4 Å². The van der Waals surface area contributed by atoms with E-state index in [0.717, 1.165) is 32.1 Å². The van der Waals surface area contributed by atoms with Gasteiger partial charge in [-0.2, -0.15) is 0 Å². The zero-order valence-corrected chi connectivity index (χ0v) is 19.3. The SMILES string of the molecule is CN=C(NCCCOCC1CC1)NCCNS(=O)(=O)c1cccc(Cl)c1.I. The highest BCUT2D eigenvalue weighted by Gasteiger charge is 2.20. The predicted octanol–water partition coefficient (Wildman–Crippen LogP) is 2.22. The Kier molecular flexibility index (Phi) is 11.5. The van der Waals surface area contributed by atoms with E-state index in [1.165, 1.54) is 25.0 Å². The molecule has 1 aliphatic rings. The molecule has 27 heavy (non-hydrogen) atoms. The number of halogens is 2. The van der Waals surface area contributed by atoms with Gasteiger partial charge in [-0.3, -0.25) is 4.99 Å². The number of guanidine groups is 1. The summed E-state index contributed by atoms with van der Waals surface area (Å²) < 4.78 is 32.4. The van der Waals surface area contributed by atoms with E-state index in [1.54, 1.807) is 19.2 Å². The second-order valence-electron chi connectivity index (χ2n) is 6.15. The standard InChI is InChI=1S/C17H27ClN4O3S.HI/c1-19-17(20-8-3-11-25-13-14-6-7-14)21-9-10-22-26(23,24)16-5-2-4-15(18)12-16;/h2,4-5,12,14,22H,3,6-11,13H2,1H3,(H2,19,20,21);1H. The van der Waals surface area contributed by atoms with E-state index in [4.69, 9.17) is 16.3 Å². The minimum absolute atomic E-state index is 0. The van der Waals surface area contributed by atoms with E-state index in [0.29, 0.717) is 17.5 Å². The minimum Gasteiger partial charge on any atom is -0.381 e. The molecule has 0 saturated heterocycles. The summed E-state index contributed by atoms with van der Waals surface area (Å²) in [6.07, 6.45) is 3.50. The van der Waals surface area contributed by atoms with Crippen molar-refractivity contribution >= 4 is 51.6 Å². The highest BCUT2D eigenvalue weighted by molar-refractivity contribution is 14.0. The average Bonchev–Trinajstić information content (AvgIpc) is 3.44. The molecular weight excluding hydrogens is 503 g/mol. The number of aliphatic imine (C=N–C) groups is 1. The van der Waals surface area contributed by atoms with E-state index in [-0.39, 0.29) is 35.4 Å². The number of hydrogen-bond donors (Lipinski definition) is 3. The van der Waals surface area contributed by atoms with Crippen LogP contribution in [-0.2, 0) is 14.8 Å². The Morgan fingerprint density at radius 1 is 1.26 bits per heavy atom. The fraction of sp³-hybridized carbons (Fsp3) is 0.588. The van der Waals surface area contributed by atoms with Gasteiger partial charge in [0.05, 0.1) is 4.90 Å². The van der Waals surface area contributed by atoms with Gasteiger partial charge >= 0.3 is 0 Å². The van der Waals surface area contributed by atoms with E-state index < -0.39 is 10.0 Å². The van der Waals surface area contributed by atoms with Crippen LogP contribution in [0.4, 0.5) is 0 Å². The van der Waals surface area contributed by atoms with Gasteiger partial charge in [-0.1, -0.05) is 17.7 Å². The molecule has 0 unspecified atom stereocenters. The van der Waals surface area contributed by atoms with Gasteiger partial charge in [-0.25, -0.2) is 13.1 Å². The maximum atomic E-state index is 12.2. The van der Waals surface area contributed by atoms with Crippen LogP contribution in [0.5, 0.6) is 0 Å². The molecule has 0 spiro atoms. The lowest BCUT2D eigenvalue weighted by molar-refractivity contribution is 0.123. The van der Waals surface area contributed by atoms with Gasteiger partial charge in [-0.15, -0.1) is 24.0 Å². The lowest BCUT2D eigenvalue weighted by Gasteiger charge is -2.12. The molecule has 0 bridgehead atoms. The molecule has 3 N–H and O–H groups in total. The average molecular weight is 531 g/mol.